The maximum Gasteiger partial charge on any atom is 0.321 e. The minimum Gasteiger partial charge on any atom is -0.323 e. The van der Waals surface area contributed by atoms with Crippen LogP contribution < -0.4 is 5.32 Å². The summed E-state index contributed by atoms with van der Waals surface area (Å²) in [5.74, 6) is -0.579. The van der Waals surface area contributed by atoms with Gasteiger partial charge in [-0.05, 0) is 25.0 Å². The molecule has 1 atom stereocenters. The fourth-order valence-electron chi connectivity index (χ4n) is 2.02. The van der Waals surface area contributed by atoms with Gasteiger partial charge >= 0.3 is 6.03 Å². The van der Waals surface area contributed by atoms with E-state index in [9.17, 15) is 9.18 Å². The first-order chi connectivity index (χ1) is 8.70. The van der Waals surface area contributed by atoms with Crippen molar-refractivity contribution in [2.75, 3.05) is 18.4 Å². The lowest BCUT2D eigenvalue weighted by atomic mass is 10.0. The number of halogens is 1. The van der Waals surface area contributed by atoms with Crippen molar-refractivity contribution in [3.8, 4) is 6.07 Å². The Morgan fingerprint density at radius 3 is 3.00 bits per heavy atom. The molecule has 1 aromatic rings. The second-order valence-electron chi connectivity index (χ2n) is 4.32. The summed E-state index contributed by atoms with van der Waals surface area (Å²) in [7, 11) is 0. The van der Waals surface area contributed by atoms with Gasteiger partial charge in [-0.3, -0.25) is 0 Å². The molecule has 0 bridgehead atoms. The molecule has 1 unspecified atom stereocenters. The lowest BCUT2D eigenvalue weighted by Gasteiger charge is -2.29. The first-order valence-corrected chi connectivity index (χ1v) is 5.91. The van der Waals surface area contributed by atoms with Crippen LogP contribution in [0.1, 0.15) is 12.8 Å². The predicted octanol–water partition coefficient (Wildman–Crippen LogP) is 2.59. The summed E-state index contributed by atoms with van der Waals surface area (Å²) in [6.45, 7) is 1.02. The van der Waals surface area contributed by atoms with Crippen molar-refractivity contribution >= 4 is 11.7 Å². The number of likely N-dealkylation sites (tertiary alicyclic amines) is 1. The molecule has 0 radical (unpaired) electrons. The summed E-state index contributed by atoms with van der Waals surface area (Å²) < 4.78 is 13.4. The highest BCUT2D eigenvalue weighted by Crippen LogP contribution is 2.18. The largest absolute Gasteiger partial charge is 0.323 e. The number of nitrogens with zero attached hydrogens (tertiary/aromatic N) is 2. The molecular weight excluding hydrogens is 233 g/mol. The molecule has 1 saturated heterocycles. The molecule has 1 aliphatic rings. The number of amides is 2. The van der Waals surface area contributed by atoms with Gasteiger partial charge in [0, 0.05) is 13.1 Å². The maximum atomic E-state index is 13.4. The Morgan fingerprint density at radius 2 is 2.28 bits per heavy atom. The minimum atomic E-state index is -0.459. The van der Waals surface area contributed by atoms with Crippen molar-refractivity contribution in [1.82, 2.24) is 4.90 Å². The van der Waals surface area contributed by atoms with Crippen LogP contribution in [0, 0.1) is 23.1 Å². The molecule has 2 rings (SSSR count). The highest BCUT2D eigenvalue weighted by molar-refractivity contribution is 5.89. The molecule has 1 heterocycles. The molecule has 94 valence electrons. The van der Waals surface area contributed by atoms with Gasteiger partial charge in [0.15, 0.2) is 0 Å². The van der Waals surface area contributed by atoms with Gasteiger partial charge in [0.2, 0.25) is 0 Å². The molecule has 1 N–H and O–H groups in total. The number of anilines is 1. The molecule has 1 aliphatic heterocycles. The Bertz CT molecular complexity index is 483. The van der Waals surface area contributed by atoms with E-state index in [4.69, 9.17) is 5.26 Å². The zero-order valence-electron chi connectivity index (χ0n) is 9.90. The second kappa shape index (κ2) is 5.50. The summed E-state index contributed by atoms with van der Waals surface area (Å²) in [4.78, 5) is 13.5. The van der Waals surface area contributed by atoms with Gasteiger partial charge in [-0.15, -0.1) is 0 Å². The van der Waals surface area contributed by atoms with Crippen LogP contribution in [0.25, 0.3) is 0 Å². The van der Waals surface area contributed by atoms with Crippen molar-refractivity contribution in [3.05, 3.63) is 30.1 Å². The fraction of sp³-hybridized carbons (Fsp3) is 0.385. The van der Waals surface area contributed by atoms with E-state index in [1.807, 2.05) is 0 Å². The SMILES string of the molecule is N#CC1CCCN(C(=O)Nc2ccccc2F)C1. The third-order valence-electron chi connectivity index (χ3n) is 3.01. The van der Waals surface area contributed by atoms with Crippen molar-refractivity contribution in [3.63, 3.8) is 0 Å². The van der Waals surface area contributed by atoms with E-state index in [1.165, 1.54) is 12.1 Å². The van der Waals surface area contributed by atoms with Gasteiger partial charge < -0.3 is 10.2 Å². The number of hydrogen-bond donors (Lipinski definition) is 1. The summed E-state index contributed by atoms with van der Waals surface area (Å²) in [5, 5.41) is 11.4. The number of nitriles is 1. The molecule has 0 spiro atoms. The van der Waals surface area contributed by atoms with Crippen LogP contribution in [0.2, 0.25) is 0 Å². The number of carbonyl (C=O) groups is 1. The first-order valence-electron chi connectivity index (χ1n) is 5.91. The van der Waals surface area contributed by atoms with Crippen molar-refractivity contribution in [2.45, 2.75) is 12.8 Å². The smallest absolute Gasteiger partial charge is 0.321 e. The van der Waals surface area contributed by atoms with E-state index in [0.717, 1.165) is 12.8 Å². The molecule has 2 amide bonds. The molecule has 1 fully saturated rings. The lowest BCUT2D eigenvalue weighted by molar-refractivity contribution is 0.189. The van der Waals surface area contributed by atoms with Crippen molar-refractivity contribution < 1.29 is 9.18 Å². The highest BCUT2D eigenvalue weighted by Gasteiger charge is 2.23. The van der Waals surface area contributed by atoms with Gasteiger partial charge in [-0.1, -0.05) is 12.1 Å². The predicted molar refractivity (Wildman–Crippen MR) is 65.3 cm³/mol. The molecule has 0 aliphatic carbocycles. The number of para-hydroxylation sites is 1. The molecule has 18 heavy (non-hydrogen) atoms. The monoisotopic (exact) mass is 247 g/mol. The Labute approximate surface area is 105 Å². The van der Waals surface area contributed by atoms with Crippen LogP contribution in [0.15, 0.2) is 24.3 Å². The van der Waals surface area contributed by atoms with E-state index < -0.39 is 5.82 Å². The zero-order valence-corrected chi connectivity index (χ0v) is 9.90. The molecular formula is C13H14FN3O. The molecule has 5 heteroatoms. The number of piperidine rings is 1. The maximum absolute atomic E-state index is 13.4. The third-order valence-corrected chi connectivity index (χ3v) is 3.01. The summed E-state index contributed by atoms with van der Waals surface area (Å²) in [5.41, 5.74) is 0.168. The highest BCUT2D eigenvalue weighted by atomic mass is 19.1. The quantitative estimate of drug-likeness (QED) is 0.829. The molecule has 1 aromatic carbocycles. The van der Waals surface area contributed by atoms with E-state index >= 15 is 0 Å². The Morgan fingerprint density at radius 1 is 1.50 bits per heavy atom. The first kappa shape index (κ1) is 12.4. The standard InChI is InChI=1S/C13H14FN3O/c14-11-5-1-2-6-12(11)16-13(18)17-7-3-4-10(8-15)9-17/h1-2,5-6,10H,3-4,7,9H2,(H,16,18). The van der Waals surface area contributed by atoms with Gasteiger partial charge in [0.1, 0.15) is 5.82 Å². The van der Waals surface area contributed by atoms with E-state index in [2.05, 4.69) is 11.4 Å². The van der Waals surface area contributed by atoms with E-state index in [0.29, 0.717) is 13.1 Å². The topological polar surface area (TPSA) is 56.1 Å². The summed E-state index contributed by atoms with van der Waals surface area (Å²) in [6.07, 6.45) is 1.63. The molecule has 0 aromatic heterocycles. The van der Waals surface area contributed by atoms with Crippen LogP contribution in [0.5, 0.6) is 0 Å². The fourth-order valence-corrected chi connectivity index (χ4v) is 2.02. The van der Waals surface area contributed by atoms with Crippen LogP contribution >= 0.6 is 0 Å². The normalized spacial score (nSPS) is 19.1. The molecule has 4 nitrogen and oxygen atoms in total. The van der Waals surface area contributed by atoms with Gasteiger partial charge in [-0.25, -0.2) is 9.18 Å². The van der Waals surface area contributed by atoms with Crippen LogP contribution in [-0.2, 0) is 0 Å². The molecule has 0 saturated carbocycles. The van der Waals surface area contributed by atoms with Crippen molar-refractivity contribution in [2.24, 2.45) is 5.92 Å². The average molecular weight is 247 g/mol. The van der Waals surface area contributed by atoms with Gasteiger partial charge in [0.05, 0.1) is 17.7 Å². The summed E-state index contributed by atoms with van der Waals surface area (Å²) >= 11 is 0. The number of benzene rings is 1. The average Bonchev–Trinajstić information content (AvgIpc) is 2.41. The number of hydrogen-bond acceptors (Lipinski definition) is 2. The second-order valence-corrected chi connectivity index (χ2v) is 4.32. The van der Waals surface area contributed by atoms with Crippen molar-refractivity contribution in [1.29, 1.82) is 5.26 Å². The Balaban J connectivity index is 2.00. The Hall–Kier alpha value is -2.09. The van der Waals surface area contributed by atoms with Gasteiger partial charge in [-0.2, -0.15) is 5.26 Å². The number of rotatable bonds is 1. The van der Waals surface area contributed by atoms with E-state index in [-0.39, 0.29) is 17.6 Å². The lowest BCUT2D eigenvalue weighted by Crippen LogP contribution is -2.42. The van der Waals surface area contributed by atoms with Crippen LogP contribution in [0.4, 0.5) is 14.9 Å². The minimum absolute atomic E-state index is 0.120. The zero-order chi connectivity index (χ0) is 13.0. The third kappa shape index (κ3) is 2.77. The van der Waals surface area contributed by atoms with Crippen LogP contribution in [0.3, 0.4) is 0 Å². The number of nitrogens with one attached hydrogen (secondary N) is 1. The number of urea groups is 1. The Kier molecular flexibility index (Phi) is 3.78. The number of carbonyl (C=O) groups excluding carboxylic acids is 1. The van der Waals surface area contributed by atoms with Gasteiger partial charge in [0.25, 0.3) is 0 Å². The van der Waals surface area contributed by atoms with Crippen LogP contribution in [-0.4, -0.2) is 24.0 Å². The van der Waals surface area contributed by atoms with E-state index in [1.54, 1.807) is 17.0 Å². The summed E-state index contributed by atoms with van der Waals surface area (Å²) in [6, 6.07) is 7.86.